The zero-order valence-corrected chi connectivity index (χ0v) is 17.2. The monoisotopic (exact) mass is 434 g/mol. The topological polar surface area (TPSA) is 69.2 Å². The van der Waals surface area contributed by atoms with E-state index in [2.05, 4.69) is 26.5 Å². The van der Waals surface area contributed by atoms with E-state index in [9.17, 15) is 4.79 Å². The Bertz CT molecular complexity index is 809. The van der Waals surface area contributed by atoms with Crippen molar-refractivity contribution in [3.63, 3.8) is 0 Å². The fourth-order valence-corrected chi connectivity index (χ4v) is 2.80. The first-order valence-electron chi connectivity index (χ1n) is 8.74. The molecule has 2 rings (SSSR count). The second-order valence-corrected chi connectivity index (χ2v) is 6.20. The molecule has 0 unspecified atom stereocenters. The highest BCUT2D eigenvalue weighted by atomic mass is 79.9. The van der Waals surface area contributed by atoms with E-state index in [4.69, 9.17) is 14.2 Å². The number of hydrogen-bond acceptors (Lipinski definition) is 5. The zero-order chi connectivity index (χ0) is 19.6. The van der Waals surface area contributed by atoms with Crippen LogP contribution in [0.15, 0.2) is 46.0 Å². The first-order chi connectivity index (χ1) is 13.1. The Balaban J connectivity index is 2.05. The molecule has 0 aliphatic carbocycles. The van der Waals surface area contributed by atoms with Crippen molar-refractivity contribution in [2.45, 2.75) is 20.8 Å². The van der Waals surface area contributed by atoms with Gasteiger partial charge in [0.1, 0.15) is 5.75 Å². The number of halogens is 1. The van der Waals surface area contributed by atoms with Gasteiger partial charge in [0, 0.05) is 5.56 Å². The Morgan fingerprint density at radius 1 is 0.963 bits per heavy atom. The summed E-state index contributed by atoms with van der Waals surface area (Å²) in [6.07, 6.45) is 1.57. The average Bonchev–Trinajstić information content (AvgIpc) is 2.65. The predicted molar refractivity (Wildman–Crippen MR) is 109 cm³/mol. The van der Waals surface area contributed by atoms with Gasteiger partial charge in [-0.25, -0.2) is 5.43 Å². The van der Waals surface area contributed by atoms with E-state index in [0.29, 0.717) is 36.9 Å². The summed E-state index contributed by atoms with van der Waals surface area (Å²) in [5.74, 6) is 1.57. The van der Waals surface area contributed by atoms with Crippen molar-refractivity contribution >= 4 is 28.1 Å². The Labute approximate surface area is 167 Å². The van der Waals surface area contributed by atoms with Gasteiger partial charge in [-0.2, -0.15) is 5.10 Å². The number of carbonyl (C=O) groups is 1. The van der Waals surface area contributed by atoms with Gasteiger partial charge in [0.2, 0.25) is 0 Å². The van der Waals surface area contributed by atoms with Crippen LogP contribution in [0.25, 0.3) is 0 Å². The molecule has 0 atom stereocenters. The molecule has 27 heavy (non-hydrogen) atoms. The van der Waals surface area contributed by atoms with Gasteiger partial charge in [-0.05, 0) is 78.7 Å². The van der Waals surface area contributed by atoms with Crippen LogP contribution in [0.2, 0.25) is 0 Å². The Hall–Kier alpha value is -2.54. The number of carbonyl (C=O) groups excluding carboxylic acids is 1. The molecule has 1 N–H and O–H groups in total. The number of rotatable bonds is 9. The van der Waals surface area contributed by atoms with Crippen LogP contribution in [-0.2, 0) is 0 Å². The molecule has 1 amide bonds. The smallest absolute Gasteiger partial charge is 0.271 e. The minimum Gasteiger partial charge on any atom is -0.493 e. The fraction of sp³-hybridized carbons (Fsp3) is 0.300. The maximum Gasteiger partial charge on any atom is 0.271 e. The minimum absolute atomic E-state index is 0.333. The van der Waals surface area contributed by atoms with Crippen LogP contribution in [0.3, 0.4) is 0 Å². The second kappa shape index (κ2) is 10.6. The van der Waals surface area contributed by atoms with Crippen LogP contribution in [-0.4, -0.2) is 31.9 Å². The number of benzene rings is 2. The average molecular weight is 435 g/mol. The molecule has 0 fully saturated rings. The number of ether oxygens (including phenoxy) is 3. The van der Waals surface area contributed by atoms with Crippen LogP contribution in [0.1, 0.15) is 36.7 Å². The molecule has 7 heteroatoms. The van der Waals surface area contributed by atoms with Crippen molar-refractivity contribution in [2.75, 3.05) is 19.8 Å². The molecule has 0 aromatic heterocycles. The Kier molecular flexibility index (Phi) is 8.13. The number of nitrogens with one attached hydrogen (secondary N) is 1. The zero-order valence-electron chi connectivity index (χ0n) is 15.6. The molecule has 2 aromatic rings. The fourth-order valence-electron chi connectivity index (χ4n) is 2.29. The number of hydrazone groups is 1. The molecule has 0 heterocycles. The summed E-state index contributed by atoms with van der Waals surface area (Å²) in [7, 11) is 0. The highest BCUT2D eigenvalue weighted by molar-refractivity contribution is 9.10. The molecule has 0 saturated carbocycles. The molecule has 6 nitrogen and oxygen atoms in total. The van der Waals surface area contributed by atoms with Gasteiger partial charge in [0.15, 0.2) is 11.5 Å². The third-order valence-electron chi connectivity index (χ3n) is 3.44. The quantitative estimate of drug-likeness (QED) is 0.468. The summed E-state index contributed by atoms with van der Waals surface area (Å²) in [6.45, 7) is 7.29. The van der Waals surface area contributed by atoms with E-state index < -0.39 is 0 Å². The van der Waals surface area contributed by atoms with E-state index in [1.54, 1.807) is 24.4 Å². The van der Waals surface area contributed by atoms with Gasteiger partial charge in [0.25, 0.3) is 5.91 Å². The lowest BCUT2D eigenvalue weighted by Crippen LogP contribution is -2.17. The Morgan fingerprint density at radius 3 is 2.26 bits per heavy atom. The summed E-state index contributed by atoms with van der Waals surface area (Å²) < 4.78 is 17.3. The van der Waals surface area contributed by atoms with Crippen LogP contribution in [0, 0.1) is 0 Å². The van der Waals surface area contributed by atoms with E-state index in [0.717, 1.165) is 15.8 Å². The van der Waals surface area contributed by atoms with Crippen LogP contribution in [0.5, 0.6) is 17.2 Å². The molecule has 0 aliphatic heterocycles. The molecule has 0 radical (unpaired) electrons. The summed E-state index contributed by atoms with van der Waals surface area (Å²) in [6, 6.07) is 10.6. The molecule has 0 spiro atoms. The molecular formula is C20H23BrN2O4. The highest BCUT2D eigenvalue weighted by Gasteiger charge is 2.11. The van der Waals surface area contributed by atoms with Gasteiger partial charge in [-0.3, -0.25) is 4.79 Å². The molecule has 144 valence electrons. The first-order valence-corrected chi connectivity index (χ1v) is 9.53. The lowest BCUT2D eigenvalue weighted by molar-refractivity contribution is 0.0954. The molecule has 2 aromatic carbocycles. The maximum atomic E-state index is 12.3. The van der Waals surface area contributed by atoms with E-state index >= 15 is 0 Å². The summed E-state index contributed by atoms with van der Waals surface area (Å²) in [5, 5.41) is 4.01. The van der Waals surface area contributed by atoms with E-state index in [1.165, 1.54) is 0 Å². The summed E-state index contributed by atoms with van der Waals surface area (Å²) in [4.78, 5) is 12.3. The van der Waals surface area contributed by atoms with Crippen molar-refractivity contribution in [1.82, 2.24) is 5.43 Å². The second-order valence-electron chi connectivity index (χ2n) is 5.35. The molecule has 0 aliphatic rings. The van der Waals surface area contributed by atoms with Crippen molar-refractivity contribution in [3.8, 4) is 17.2 Å². The third-order valence-corrected chi connectivity index (χ3v) is 4.06. The van der Waals surface area contributed by atoms with E-state index in [-0.39, 0.29) is 5.91 Å². The lowest BCUT2D eigenvalue weighted by Gasteiger charge is -2.11. The maximum absolute atomic E-state index is 12.3. The summed E-state index contributed by atoms with van der Waals surface area (Å²) in [5.41, 5.74) is 3.78. The number of hydrogen-bond donors (Lipinski definition) is 1. The first kappa shape index (κ1) is 20.8. The molecule has 0 saturated heterocycles. The van der Waals surface area contributed by atoms with Crippen molar-refractivity contribution in [2.24, 2.45) is 5.10 Å². The van der Waals surface area contributed by atoms with Gasteiger partial charge < -0.3 is 14.2 Å². The summed E-state index contributed by atoms with van der Waals surface area (Å²) >= 11 is 3.45. The van der Waals surface area contributed by atoms with Crippen LogP contribution >= 0.6 is 15.9 Å². The SMILES string of the molecule is CCOc1ccc(/C=N/NC(=O)c2ccc(OCC)c(OCC)c2)cc1Br. The molecule has 0 bridgehead atoms. The van der Waals surface area contributed by atoms with Gasteiger partial charge in [0.05, 0.1) is 30.5 Å². The van der Waals surface area contributed by atoms with E-state index in [1.807, 2.05) is 39.0 Å². The molecular weight excluding hydrogens is 412 g/mol. The normalized spacial score (nSPS) is 10.7. The predicted octanol–water partition coefficient (Wildman–Crippen LogP) is 4.41. The van der Waals surface area contributed by atoms with Crippen molar-refractivity contribution < 1.29 is 19.0 Å². The van der Waals surface area contributed by atoms with Gasteiger partial charge in [-0.15, -0.1) is 0 Å². The van der Waals surface area contributed by atoms with Crippen molar-refractivity contribution in [3.05, 3.63) is 52.0 Å². The number of amides is 1. The van der Waals surface area contributed by atoms with Gasteiger partial charge >= 0.3 is 0 Å². The minimum atomic E-state index is -0.333. The lowest BCUT2D eigenvalue weighted by atomic mass is 10.2. The highest BCUT2D eigenvalue weighted by Crippen LogP contribution is 2.28. The van der Waals surface area contributed by atoms with Gasteiger partial charge in [-0.1, -0.05) is 0 Å². The Morgan fingerprint density at radius 2 is 1.59 bits per heavy atom. The van der Waals surface area contributed by atoms with Crippen LogP contribution < -0.4 is 19.6 Å². The number of nitrogens with zero attached hydrogens (tertiary/aromatic N) is 1. The standard InChI is InChI=1S/C20H23BrN2O4/c1-4-25-17-9-7-14(11-16(17)21)13-22-23-20(24)15-8-10-18(26-5-2)19(12-15)27-6-3/h7-13H,4-6H2,1-3H3,(H,23,24)/b22-13+. The largest absolute Gasteiger partial charge is 0.493 e. The third kappa shape index (κ3) is 5.99. The van der Waals surface area contributed by atoms with Crippen molar-refractivity contribution in [1.29, 1.82) is 0 Å². The van der Waals surface area contributed by atoms with Crippen LogP contribution in [0.4, 0.5) is 0 Å².